The zero-order valence-electron chi connectivity index (χ0n) is 14.2. The Morgan fingerprint density at radius 1 is 0.962 bits per heavy atom. The number of carbonyl (C=O) groups is 2. The number of Topliss-reactive ketones (excluding diaryl/α,β-unsaturated/α-hetero) is 1. The summed E-state index contributed by atoms with van der Waals surface area (Å²) < 4.78 is 13.0. The predicted octanol–water partition coefficient (Wildman–Crippen LogP) is 4.04. The maximum Gasteiger partial charge on any atom is 0.253 e. The highest BCUT2D eigenvalue weighted by molar-refractivity contribution is 5.99. The summed E-state index contributed by atoms with van der Waals surface area (Å²) in [6, 6.07) is 13.3. The number of piperidine rings is 1. The van der Waals surface area contributed by atoms with E-state index in [0.29, 0.717) is 37.1 Å². The highest BCUT2D eigenvalue weighted by atomic mass is 19.1. The maximum atomic E-state index is 13.0. The third-order valence-electron chi connectivity index (χ3n) is 5.08. The Balaban J connectivity index is 1.41. The lowest BCUT2D eigenvalue weighted by molar-refractivity contribution is 0.0650. The van der Waals surface area contributed by atoms with Crippen LogP contribution in [-0.4, -0.2) is 34.7 Å². The van der Waals surface area contributed by atoms with Gasteiger partial charge in [-0.15, -0.1) is 0 Å². The highest BCUT2D eigenvalue weighted by Crippen LogP contribution is 2.24. The molecule has 0 spiro atoms. The number of likely N-dealkylation sites (tertiary alicyclic amines) is 1. The van der Waals surface area contributed by atoms with Crippen molar-refractivity contribution in [3.05, 3.63) is 71.7 Å². The van der Waals surface area contributed by atoms with E-state index in [1.54, 1.807) is 0 Å². The van der Waals surface area contributed by atoms with E-state index in [9.17, 15) is 14.0 Å². The quantitative estimate of drug-likeness (QED) is 0.725. The second kappa shape index (κ2) is 6.75. The van der Waals surface area contributed by atoms with Crippen LogP contribution in [0.15, 0.2) is 54.7 Å². The number of benzene rings is 2. The van der Waals surface area contributed by atoms with Gasteiger partial charge in [0.05, 0.1) is 0 Å². The van der Waals surface area contributed by atoms with Crippen molar-refractivity contribution in [1.29, 1.82) is 0 Å². The number of aromatic nitrogens is 1. The second-order valence-corrected chi connectivity index (χ2v) is 6.72. The van der Waals surface area contributed by atoms with Crippen molar-refractivity contribution in [2.45, 2.75) is 12.8 Å². The van der Waals surface area contributed by atoms with Crippen LogP contribution in [0, 0.1) is 11.7 Å². The number of nitrogens with one attached hydrogen (secondary N) is 1. The van der Waals surface area contributed by atoms with Gasteiger partial charge < -0.3 is 9.88 Å². The summed E-state index contributed by atoms with van der Waals surface area (Å²) in [5, 5.41) is 1.01. The van der Waals surface area contributed by atoms with Gasteiger partial charge in [0.2, 0.25) is 0 Å². The molecule has 3 aromatic rings. The number of fused-ring (bicyclic) bond motifs is 1. The third kappa shape index (κ3) is 3.12. The van der Waals surface area contributed by atoms with E-state index in [1.165, 1.54) is 24.3 Å². The fraction of sp³-hybridized carbons (Fsp3) is 0.238. The molecule has 0 aliphatic carbocycles. The molecular weight excluding hydrogens is 331 g/mol. The van der Waals surface area contributed by atoms with Gasteiger partial charge in [-0.25, -0.2) is 4.39 Å². The van der Waals surface area contributed by atoms with E-state index in [2.05, 4.69) is 4.98 Å². The average molecular weight is 350 g/mol. The summed E-state index contributed by atoms with van der Waals surface area (Å²) in [7, 11) is 0. The first-order chi connectivity index (χ1) is 12.6. The van der Waals surface area contributed by atoms with E-state index >= 15 is 0 Å². The van der Waals surface area contributed by atoms with Crippen LogP contribution in [0.3, 0.4) is 0 Å². The lowest BCUT2D eigenvalue weighted by Gasteiger charge is -2.31. The van der Waals surface area contributed by atoms with Crippen molar-refractivity contribution in [2.75, 3.05) is 13.1 Å². The number of hydrogen-bond donors (Lipinski definition) is 1. The van der Waals surface area contributed by atoms with Crippen LogP contribution in [0.2, 0.25) is 0 Å². The van der Waals surface area contributed by atoms with Crippen LogP contribution < -0.4 is 0 Å². The number of rotatable bonds is 3. The predicted molar refractivity (Wildman–Crippen MR) is 97.7 cm³/mol. The van der Waals surface area contributed by atoms with Gasteiger partial charge in [0.25, 0.3) is 5.91 Å². The van der Waals surface area contributed by atoms with Gasteiger partial charge in [-0.3, -0.25) is 9.59 Å². The maximum absolute atomic E-state index is 13.0. The van der Waals surface area contributed by atoms with E-state index in [0.717, 1.165) is 10.9 Å². The number of nitrogens with zero attached hydrogens (tertiary/aromatic N) is 1. The lowest BCUT2D eigenvalue weighted by atomic mass is 9.88. The Hall–Kier alpha value is -2.95. The molecule has 0 atom stereocenters. The Kier molecular flexibility index (Phi) is 4.29. The van der Waals surface area contributed by atoms with Crippen molar-refractivity contribution < 1.29 is 14.0 Å². The Morgan fingerprint density at radius 2 is 1.65 bits per heavy atom. The van der Waals surface area contributed by atoms with Crippen molar-refractivity contribution in [1.82, 2.24) is 9.88 Å². The van der Waals surface area contributed by atoms with Gasteiger partial charge in [-0.05, 0) is 61.4 Å². The second-order valence-electron chi connectivity index (χ2n) is 6.72. The number of aromatic amines is 1. The first-order valence-electron chi connectivity index (χ1n) is 8.78. The molecule has 2 aromatic carbocycles. The SMILES string of the molecule is O=C(c1ccc(F)cc1)C1CCN(C(=O)c2ccc3[nH]ccc3c2)CC1. The van der Waals surface area contributed by atoms with Gasteiger partial charge in [0, 0.05) is 47.2 Å². The average Bonchev–Trinajstić information content (AvgIpc) is 3.15. The molecule has 5 heteroatoms. The van der Waals surface area contributed by atoms with Crippen LogP contribution in [0.25, 0.3) is 10.9 Å². The largest absolute Gasteiger partial charge is 0.361 e. The molecule has 0 radical (unpaired) electrons. The molecule has 1 N–H and O–H groups in total. The fourth-order valence-corrected chi connectivity index (χ4v) is 3.56. The zero-order valence-corrected chi connectivity index (χ0v) is 14.2. The molecular formula is C21H19FN2O2. The summed E-state index contributed by atoms with van der Waals surface area (Å²) in [6.07, 6.45) is 3.12. The summed E-state index contributed by atoms with van der Waals surface area (Å²) in [5.74, 6) is -0.426. The molecule has 0 unspecified atom stereocenters. The molecule has 4 nitrogen and oxygen atoms in total. The molecule has 2 heterocycles. The normalized spacial score (nSPS) is 15.3. The topological polar surface area (TPSA) is 53.2 Å². The first-order valence-corrected chi connectivity index (χ1v) is 8.78. The minimum absolute atomic E-state index is 0.000723. The van der Waals surface area contributed by atoms with Crippen LogP contribution in [0.1, 0.15) is 33.6 Å². The molecule has 4 rings (SSSR count). The monoisotopic (exact) mass is 350 g/mol. The summed E-state index contributed by atoms with van der Waals surface area (Å²) in [5.41, 5.74) is 2.21. The smallest absolute Gasteiger partial charge is 0.253 e. The van der Waals surface area contributed by atoms with Crippen molar-refractivity contribution >= 4 is 22.6 Å². The van der Waals surface area contributed by atoms with Gasteiger partial charge in [-0.2, -0.15) is 0 Å². The zero-order chi connectivity index (χ0) is 18.1. The number of carbonyl (C=O) groups excluding carboxylic acids is 2. The fourth-order valence-electron chi connectivity index (χ4n) is 3.56. The molecule has 132 valence electrons. The summed E-state index contributed by atoms with van der Waals surface area (Å²) in [4.78, 5) is 30.2. The number of amides is 1. The van der Waals surface area contributed by atoms with Gasteiger partial charge >= 0.3 is 0 Å². The molecule has 0 saturated carbocycles. The van der Waals surface area contributed by atoms with Crippen LogP contribution in [0.4, 0.5) is 4.39 Å². The molecule has 1 amide bonds. The molecule has 1 aliphatic rings. The Bertz CT molecular complexity index is 954. The molecule has 0 bridgehead atoms. The summed E-state index contributed by atoms with van der Waals surface area (Å²) >= 11 is 0. The van der Waals surface area contributed by atoms with Crippen LogP contribution in [0.5, 0.6) is 0 Å². The Labute approximate surface area is 150 Å². The van der Waals surface area contributed by atoms with Gasteiger partial charge in [0.1, 0.15) is 5.82 Å². The van der Waals surface area contributed by atoms with Gasteiger partial charge in [-0.1, -0.05) is 0 Å². The van der Waals surface area contributed by atoms with Crippen molar-refractivity contribution in [3.8, 4) is 0 Å². The Morgan fingerprint density at radius 3 is 2.38 bits per heavy atom. The number of hydrogen-bond acceptors (Lipinski definition) is 2. The van der Waals surface area contributed by atoms with Crippen LogP contribution >= 0.6 is 0 Å². The summed E-state index contributed by atoms with van der Waals surface area (Å²) in [6.45, 7) is 1.11. The van der Waals surface area contributed by atoms with Crippen LogP contribution in [-0.2, 0) is 0 Å². The van der Waals surface area contributed by atoms with E-state index in [-0.39, 0.29) is 23.4 Å². The minimum atomic E-state index is -0.346. The molecule has 26 heavy (non-hydrogen) atoms. The third-order valence-corrected chi connectivity index (χ3v) is 5.08. The highest BCUT2D eigenvalue weighted by Gasteiger charge is 2.28. The minimum Gasteiger partial charge on any atom is -0.361 e. The molecule has 1 saturated heterocycles. The van der Waals surface area contributed by atoms with Crippen molar-refractivity contribution in [2.24, 2.45) is 5.92 Å². The van der Waals surface area contributed by atoms with E-state index < -0.39 is 0 Å². The standard InChI is InChI=1S/C21H19FN2O2/c22-18-4-1-14(2-5-18)20(25)15-8-11-24(12-9-15)21(26)17-3-6-19-16(13-17)7-10-23-19/h1-7,10,13,15,23H,8-9,11-12H2. The van der Waals surface area contributed by atoms with Crippen molar-refractivity contribution in [3.63, 3.8) is 0 Å². The van der Waals surface area contributed by atoms with Gasteiger partial charge in [0.15, 0.2) is 5.78 Å². The lowest BCUT2D eigenvalue weighted by Crippen LogP contribution is -2.40. The molecule has 1 aromatic heterocycles. The number of H-pyrrole nitrogens is 1. The number of halogens is 1. The molecule has 1 aliphatic heterocycles. The number of ketones is 1. The van der Waals surface area contributed by atoms with E-state index in [4.69, 9.17) is 0 Å². The molecule has 1 fully saturated rings. The van der Waals surface area contributed by atoms with E-state index in [1.807, 2.05) is 35.4 Å². The first kappa shape index (κ1) is 16.5.